The van der Waals surface area contributed by atoms with Crippen molar-refractivity contribution in [1.82, 2.24) is 5.43 Å². The third kappa shape index (κ3) is 5.59. The number of hydrogen-bond donors (Lipinski definition) is 2. The Morgan fingerprint density at radius 3 is 2.60 bits per heavy atom. The average molecular weight is 378 g/mol. The molecule has 0 radical (unpaired) electrons. The van der Waals surface area contributed by atoms with Crippen molar-refractivity contribution in [1.29, 1.82) is 0 Å². The molecule has 2 aromatic carbocycles. The van der Waals surface area contributed by atoms with Gasteiger partial charge in [0.2, 0.25) is 11.8 Å². The van der Waals surface area contributed by atoms with Gasteiger partial charge in [-0.05, 0) is 24.1 Å². The summed E-state index contributed by atoms with van der Waals surface area (Å²) in [6.07, 6.45) is 1.82. The Morgan fingerprint density at radius 2 is 1.84 bits per heavy atom. The van der Waals surface area contributed by atoms with Crippen LogP contribution >= 0.6 is 23.2 Å². The second-order valence-corrected chi connectivity index (χ2v) is 5.96. The molecule has 0 atom stereocenters. The van der Waals surface area contributed by atoms with Crippen LogP contribution in [-0.4, -0.2) is 18.0 Å². The first-order valence-electron chi connectivity index (χ1n) is 7.65. The Morgan fingerprint density at radius 1 is 1.08 bits per heavy atom. The summed E-state index contributed by atoms with van der Waals surface area (Å²) in [7, 11) is 0. The fourth-order valence-electron chi connectivity index (χ4n) is 2.12. The first-order chi connectivity index (χ1) is 12.0. The number of carbonyl (C=O) groups is 2. The molecule has 130 valence electrons. The van der Waals surface area contributed by atoms with Gasteiger partial charge in [0.15, 0.2) is 0 Å². The Labute approximate surface area is 156 Å². The number of rotatable bonds is 6. The number of nitrogens with one attached hydrogen (secondary N) is 2. The third-order valence-corrected chi connectivity index (χ3v) is 4.20. The number of hydrazone groups is 1. The van der Waals surface area contributed by atoms with E-state index in [0.717, 1.165) is 12.0 Å². The van der Waals surface area contributed by atoms with Crippen LogP contribution < -0.4 is 10.7 Å². The molecule has 25 heavy (non-hydrogen) atoms. The maximum Gasteiger partial charge on any atom is 0.249 e. The number of nitrogens with zero attached hydrogens (tertiary/aromatic N) is 1. The van der Waals surface area contributed by atoms with E-state index in [1.807, 2.05) is 25.1 Å². The van der Waals surface area contributed by atoms with Gasteiger partial charge >= 0.3 is 0 Å². The quantitative estimate of drug-likeness (QED) is 0.453. The largest absolute Gasteiger partial charge is 0.325 e. The van der Waals surface area contributed by atoms with E-state index in [0.29, 0.717) is 21.3 Å². The van der Waals surface area contributed by atoms with Gasteiger partial charge in [0.1, 0.15) is 6.42 Å². The molecule has 2 N–H and O–H groups in total. The van der Waals surface area contributed by atoms with Crippen molar-refractivity contribution in [2.75, 3.05) is 5.32 Å². The molecule has 0 saturated heterocycles. The summed E-state index contributed by atoms with van der Waals surface area (Å²) in [5.74, 6) is -0.935. The minimum absolute atomic E-state index is 0.335. The zero-order chi connectivity index (χ0) is 18.2. The van der Waals surface area contributed by atoms with Crippen molar-refractivity contribution in [2.45, 2.75) is 19.8 Å². The van der Waals surface area contributed by atoms with E-state index in [1.165, 1.54) is 6.21 Å². The number of halogens is 2. The summed E-state index contributed by atoms with van der Waals surface area (Å²) in [5.41, 5.74) is 4.57. The molecule has 0 aromatic heterocycles. The summed E-state index contributed by atoms with van der Waals surface area (Å²) in [4.78, 5) is 23.8. The van der Waals surface area contributed by atoms with Crippen molar-refractivity contribution < 1.29 is 9.59 Å². The Hall–Kier alpha value is -2.37. The van der Waals surface area contributed by atoms with Crippen molar-refractivity contribution in [3.05, 3.63) is 63.6 Å². The minimum Gasteiger partial charge on any atom is -0.325 e. The molecule has 0 heterocycles. The molecule has 0 aliphatic carbocycles. The summed E-state index contributed by atoms with van der Waals surface area (Å²) in [6, 6.07) is 12.5. The molecule has 0 aliphatic rings. The Kier molecular flexibility index (Phi) is 6.98. The molecule has 2 amide bonds. The van der Waals surface area contributed by atoms with Crippen LogP contribution in [0.25, 0.3) is 0 Å². The topological polar surface area (TPSA) is 70.6 Å². The van der Waals surface area contributed by atoms with Crippen LogP contribution in [0.5, 0.6) is 0 Å². The van der Waals surface area contributed by atoms with E-state index in [4.69, 9.17) is 23.2 Å². The number of carbonyl (C=O) groups excluding carboxylic acids is 2. The second-order valence-electron chi connectivity index (χ2n) is 5.17. The molecule has 0 aliphatic heterocycles. The van der Waals surface area contributed by atoms with E-state index in [-0.39, 0.29) is 6.42 Å². The van der Waals surface area contributed by atoms with Crippen LogP contribution in [0.4, 0.5) is 5.69 Å². The highest BCUT2D eigenvalue weighted by Gasteiger charge is 2.10. The molecule has 2 rings (SSSR count). The molecular weight excluding hydrogens is 361 g/mol. The minimum atomic E-state index is -0.527. The molecule has 0 fully saturated rings. The number of aryl methyl sites for hydroxylation is 1. The molecule has 0 spiro atoms. The number of anilines is 1. The third-order valence-electron chi connectivity index (χ3n) is 3.37. The highest BCUT2D eigenvalue weighted by Crippen LogP contribution is 2.24. The van der Waals surface area contributed by atoms with Gasteiger partial charge in [-0.25, -0.2) is 5.43 Å². The van der Waals surface area contributed by atoms with Gasteiger partial charge in [-0.3, -0.25) is 9.59 Å². The fourth-order valence-corrected chi connectivity index (χ4v) is 2.48. The predicted molar refractivity (Wildman–Crippen MR) is 101 cm³/mol. The highest BCUT2D eigenvalue weighted by atomic mass is 35.5. The van der Waals surface area contributed by atoms with Gasteiger partial charge in [0.05, 0.1) is 16.3 Å². The lowest BCUT2D eigenvalue weighted by atomic mass is 10.1. The molecule has 7 heteroatoms. The molecule has 0 unspecified atom stereocenters. The van der Waals surface area contributed by atoms with E-state index >= 15 is 0 Å². The summed E-state index contributed by atoms with van der Waals surface area (Å²) < 4.78 is 0. The lowest BCUT2D eigenvalue weighted by Gasteiger charge is -2.09. The van der Waals surface area contributed by atoms with Crippen molar-refractivity contribution in [3.8, 4) is 0 Å². The number of hydrogen-bond acceptors (Lipinski definition) is 3. The smallest absolute Gasteiger partial charge is 0.249 e. The molecule has 2 aromatic rings. The zero-order valence-corrected chi connectivity index (χ0v) is 15.1. The van der Waals surface area contributed by atoms with Gasteiger partial charge in [-0.2, -0.15) is 5.10 Å². The Balaban J connectivity index is 1.88. The zero-order valence-electron chi connectivity index (χ0n) is 13.6. The average Bonchev–Trinajstić information content (AvgIpc) is 2.59. The molecule has 0 bridgehead atoms. The maximum absolute atomic E-state index is 12.0. The lowest BCUT2D eigenvalue weighted by molar-refractivity contribution is -0.126. The number of para-hydroxylation sites is 1. The van der Waals surface area contributed by atoms with Crippen LogP contribution in [-0.2, 0) is 16.0 Å². The number of benzene rings is 2. The fraction of sp³-hybridized carbons (Fsp3) is 0.167. The van der Waals surface area contributed by atoms with E-state index < -0.39 is 11.8 Å². The second kappa shape index (κ2) is 9.20. The summed E-state index contributed by atoms with van der Waals surface area (Å²) in [6.45, 7) is 1.99. The SMILES string of the molecule is CCc1ccccc1NC(=O)CC(=O)NN=Cc1cccc(Cl)c1Cl. The van der Waals surface area contributed by atoms with E-state index in [2.05, 4.69) is 15.8 Å². The van der Waals surface area contributed by atoms with Gasteiger partial charge in [0, 0.05) is 11.3 Å². The first kappa shape index (κ1) is 19.0. The van der Waals surface area contributed by atoms with Crippen molar-refractivity contribution in [2.24, 2.45) is 5.10 Å². The first-order valence-corrected chi connectivity index (χ1v) is 8.40. The van der Waals surface area contributed by atoms with Crippen LogP contribution in [0.1, 0.15) is 24.5 Å². The van der Waals surface area contributed by atoms with E-state index in [9.17, 15) is 9.59 Å². The molecule has 0 saturated carbocycles. The molecular formula is C18H17Cl2N3O2. The van der Waals surface area contributed by atoms with Crippen molar-refractivity contribution in [3.63, 3.8) is 0 Å². The maximum atomic E-state index is 12.0. The van der Waals surface area contributed by atoms with Gasteiger partial charge in [-0.15, -0.1) is 0 Å². The van der Waals surface area contributed by atoms with Gasteiger partial charge in [0.25, 0.3) is 0 Å². The summed E-state index contributed by atoms with van der Waals surface area (Å²) in [5, 5.41) is 7.25. The molecule has 5 nitrogen and oxygen atoms in total. The van der Waals surface area contributed by atoms with Crippen LogP contribution in [0.3, 0.4) is 0 Å². The van der Waals surface area contributed by atoms with Crippen molar-refractivity contribution >= 4 is 46.9 Å². The standard InChI is InChI=1S/C18H17Cl2N3O2/c1-2-12-6-3-4-9-15(12)22-16(24)10-17(25)23-21-11-13-7-5-8-14(19)18(13)20/h3-9,11H,2,10H2,1H3,(H,22,24)(H,23,25). The van der Waals surface area contributed by atoms with Crippen LogP contribution in [0.15, 0.2) is 47.6 Å². The lowest BCUT2D eigenvalue weighted by Crippen LogP contribution is -2.25. The van der Waals surface area contributed by atoms with E-state index in [1.54, 1.807) is 24.3 Å². The monoisotopic (exact) mass is 377 g/mol. The predicted octanol–water partition coefficient (Wildman–Crippen LogP) is 4.03. The number of amides is 2. The van der Waals surface area contributed by atoms with Gasteiger partial charge in [-0.1, -0.05) is 60.5 Å². The highest BCUT2D eigenvalue weighted by molar-refractivity contribution is 6.43. The summed E-state index contributed by atoms with van der Waals surface area (Å²) >= 11 is 11.9. The van der Waals surface area contributed by atoms with Gasteiger partial charge < -0.3 is 5.32 Å². The Bertz CT molecular complexity index is 807. The van der Waals surface area contributed by atoms with Crippen LogP contribution in [0, 0.1) is 0 Å². The van der Waals surface area contributed by atoms with Crippen LogP contribution in [0.2, 0.25) is 10.0 Å². The normalized spacial score (nSPS) is 10.7.